The van der Waals surface area contributed by atoms with Crippen molar-refractivity contribution in [1.82, 2.24) is 10.2 Å². The van der Waals surface area contributed by atoms with E-state index in [-0.39, 0.29) is 24.2 Å². The molecule has 0 aromatic heterocycles. The molecule has 5 nitrogen and oxygen atoms in total. The number of carbonyl (C=O) groups excluding carboxylic acids is 2. The van der Waals surface area contributed by atoms with Gasteiger partial charge in [-0.05, 0) is 50.4 Å². The second-order valence-corrected chi connectivity index (χ2v) is 8.16. The summed E-state index contributed by atoms with van der Waals surface area (Å²) in [6, 6.07) is 7.53. The van der Waals surface area contributed by atoms with Crippen LogP contribution in [0.2, 0.25) is 5.02 Å². The summed E-state index contributed by atoms with van der Waals surface area (Å²) in [5.74, 6) is 0.375. The molecule has 2 heterocycles. The Bertz CT molecular complexity index is 666. The van der Waals surface area contributed by atoms with E-state index in [4.69, 9.17) is 11.6 Å². The van der Waals surface area contributed by atoms with E-state index < -0.39 is 0 Å². The second-order valence-electron chi connectivity index (χ2n) is 7.72. The van der Waals surface area contributed by atoms with Crippen LogP contribution in [0.15, 0.2) is 24.3 Å². The number of benzene rings is 1. The summed E-state index contributed by atoms with van der Waals surface area (Å²) in [6.45, 7) is 7.70. The first-order chi connectivity index (χ1) is 12.4. The van der Waals surface area contributed by atoms with Crippen LogP contribution in [-0.2, 0) is 9.59 Å². The van der Waals surface area contributed by atoms with Gasteiger partial charge < -0.3 is 10.2 Å². The Balaban J connectivity index is 1.51. The molecule has 3 atom stereocenters. The zero-order chi connectivity index (χ0) is 18.7. The van der Waals surface area contributed by atoms with Crippen LogP contribution in [-0.4, -0.2) is 48.9 Å². The van der Waals surface area contributed by atoms with E-state index in [1.54, 1.807) is 17.0 Å². The first kappa shape index (κ1) is 19.2. The van der Waals surface area contributed by atoms with E-state index in [2.05, 4.69) is 24.1 Å². The Morgan fingerprint density at radius 3 is 2.92 bits per heavy atom. The number of anilines is 1. The number of carbonyl (C=O) groups is 2. The fraction of sp³-hybridized carbons (Fsp3) is 0.600. The van der Waals surface area contributed by atoms with Gasteiger partial charge in [-0.3, -0.25) is 14.5 Å². The highest BCUT2D eigenvalue weighted by atomic mass is 35.5. The van der Waals surface area contributed by atoms with E-state index >= 15 is 0 Å². The predicted molar refractivity (Wildman–Crippen MR) is 104 cm³/mol. The lowest BCUT2D eigenvalue weighted by Crippen LogP contribution is -2.47. The molecule has 0 spiro atoms. The Morgan fingerprint density at radius 2 is 2.19 bits per heavy atom. The Hall–Kier alpha value is -1.59. The molecule has 1 N–H and O–H groups in total. The second kappa shape index (κ2) is 8.40. The van der Waals surface area contributed by atoms with Gasteiger partial charge >= 0.3 is 0 Å². The number of nitrogens with one attached hydrogen (secondary N) is 1. The summed E-state index contributed by atoms with van der Waals surface area (Å²) in [7, 11) is 0. The number of hydrogen-bond acceptors (Lipinski definition) is 3. The number of piperidine rings is 1. The molecule has 142 valence electrons. The zero-order valence-electron chi connectivity index (χ0n) is 15.6. The minimum Gasteiger partial charge on any atom is -0.354 e. The lowest BCUT2D eigenvalue weighted by molar-refractivity contribution is -0.126. The third kappa shape index (κ3) is 4.57. The minimum absolute atomic E-state index is 0.0229. The molecule has 2 aliphatic rings. The van der Waals surface area contributed by atoms with E-state index in [9.17, 15) is 9.59 Å². The molecule has 3 rings (SSSR count). The van der Waals surface area contributed by atoms with Crippen molar-refractivity contribution in [2.24, 2.45) is 11.8 Å². The van der Waals surface area contributed by atoms with Gasteiger partial charge in [0.2, 0.25) is 11.8 Å². The summed E-state index contributed by atoms with van der Waals surface area (Å²) >= 11 is 6.02. The summed E-state index contributed by atoms with van der Waals surface area (Å²) in [4.78, 5) is 29.0. The van der Waals surface area contributed by atoms with Crippen molar-refractivity contribution in [3.63, 3.8) is 0 Å². The molecule has 3 unspecified atom stereocenters. The summed E-state index contributed by atoms with van der Waals surface area (Å²) < 4.78 is 0. The lowest BCUT2D eigenvalue weighted by atomic mass is 9.99. The van der Waals surface area contributed by atoms with Crippen LogP contribution in [0, 0.1) is 11.8 Å². The summed E-state index contributed by atoms with van der Waals surface area (Å²) in [5.41, 5.74) is 0.758. The fourth-order valence-electron chi connectivity index (χ4n) is 3.92. The monoisotopic (exact) mass is 377 g/mol. The van der Waals surface area contributed by atoms with Crippen LogP contribution < -0.4 is 10.2 Å². The highest BCUT2D eigenvalue weighted by Gasteiger charge is 2.35. The Labute approximate surface area is 160 Å². The van der Waals surface area contributed by atoms with Gasteiger partial charge in [0.05, 0.1) is 5.92 Å². The van der Waals surface area contributed by atoms with Crippen molar-refractivity contribution in [2.45, 2.75) is 39.2 Å². The standard InChI is InChI=1S/C20H28ClN3O2/c1-14-5-4-8-23(12-14)15(2)11-22-20(26)16-9-19(25)24(13-16)18-7-3-6-17(21)10-18/h3,6-7,10,14-16H,4-5,8-9,11-13H2,1-2H3,(H,22,26). The molecule has 0 aliphatic carbocycles. The minimum atomic E-state index is -0.297. The predicted octanol–water partition coefficient (Wildman–Crippen LogP) is 2.93. The van der Waals surface area contributed by atoms with Gasteiger partial charge in [0.1, 0.15) is 0 Å². The molecule has 2 amide bonds. The highest BCUT2D eigenvalue weighted by Crippen LogP contribution is 2.27. The third-order valence-corrected chi connectivity index (χ3v) is 5.73. The van der Waals surface area contributed by atoms with Gasteiger partial charge in [0.25, 0.3) is 0 Å². The van der Waals surface area contributed by atoms with Gasteiger partial charge in [0.15, 0.2) is 0 Å². The highest BCUT2D eigenvalue weighted by molar-refractivity contribution is 6.30. The smallest absolute Gasteiger partial charge is 0.227 e. The zero-order valence-corrected chi connectivity index (χ0v) is 16.3. The maximum absolute atomic E-state index is 12.6. The van der Waals surface area contributed by atoms with Crippen molar-refractivity contribution >= 4 is 29.1 Å². The number of halogens is 1. The van der Waals surface area contributed by atoms with Crippen LogP contribution in [0.25, 0.3) is 0 Å². The summed E-state index contributed by atoms with van der Waals surface area (Å²) in [6.07, 6.45) is 2.78. The van der Waals surface area contributed by atoms with Crippen molar-refractivity contribution in [1.29, 1.82) is 0 Å². The van der Waals surface area contributed by atoms with Gasteiger partial charge in [-0.15, -0.1) is 0 Å². The van der Waals surface area contributed by atoms with Gasteiger partial charge in [-0.2, -0.15) is 0 Å². The van der Waals surface area contributed by atoms with Gasteiger partial charge in [-0.1, -0.05) is 24.6 Å². The Morgan fingerprint density at radius 1 is 1.38 bits per heavy atom. The molecule has 6 heteroatoms. The van der Waals surface area contributed by atoms with Crippen molar-refractivity contribution < 1.29 is 9.59 Å². The Kier molecular flexibility index (Phi) is 6.20. The number of nitrogens with zero attached hydrogens (tertiary/aromatic N) is 2. The number of amides is 2. The van der Waals surface area contributed by atoms with Crippen LogP contribution in [0.1, 0.15) is 33.1 Å². The molecule has 1 aromatic rings. The lowest BCUT2D eigenvalue weighted by Gasteiger charge is -2.35. The fourth-order valence-corrected chi connectivity index (χ4v) is 4.11. The maximum Gasteiger partial charge on any atom is 0.227 e. The number of hydrogen-bond donors (Lipinski definition) is 1. The van der Waals surface area contributed by atoms with Crippen molar-refractivity contribution in [3.05, 3.63) is 29.3 Å². The molecule has 26 heavy (non-hydrogen) atoms. The first-order valence-electron chi connectivity index (χ1n) is 9.51. The van der Waals surface area contributed by atoms with E-state index in [0.29, 0.717) is 24.2 Å². The molecule has 2 aliphatic heterocycles. The molecule has 1 aromatic carbocycles. The van der Waals surface area contributed by atoms with Crippen molar-refractivity contribution in [3.8, 4) is 0 Å². The third-order valence-electron chi connectivity index (χ3n) is 5.50. The molecular weight excluding hydrogens is 350 g/mol. The summed E-state index contributed by atoms with van der Waals surface area (Å²) in [5, 5.41) is 3.65. The van der Waals surface area contributed by atoms with Crippen LogP contribution >= 0.6 is 11.6 Å². The molecule has 2 saturated heterocycles. The number of likely N-dealkylation sites (tertiary alicyclic amines) is 1. The normalized spacial score (nSPS) is 25.3. The molecule has 0 radical (unpaired) electrons. The molecule has 2 fully saturated rings. The largest absolute Gasteiger partial charge is 0.354 e. The van der Waals surface area contributed by atoms with E-state index in [1.165, 1.54) is 12.8 Å². The van der Waals surface area contributed by atoms with Crippen molar-refractivity contribution in [2.75, 3.05) is 31.1 Å². The van der Waals surface area contributed by atoms with Crippen LogP contribution in [0.3, 0.4) is 0 Å². The van der Waals surface area contributed by atoms with Gasteiger partial charge in [0, 0.05) is 42.8 Å². The average molecular weight is 378 g/mol. The quantitative estimate of drug-likeness (QED) is 0.858. The SMILES string of the molecule is CC1CCCN(C(C)CNC(=O)C2CC(=O)N(c3cccc(Cl)c3)C2)C1. The molecule has 0 saturated carbocycles. The van der Waals surface area contributed by atoms with Gasteiger partial charge in [-0.25, -0.2) is 0 Å². The molecule has 0 bridgehead atoms. The maximum atomic E-state index is 12.6. The van der Waals surface area contributed by atoms with E-state index in [1.807, 2.05) is 12.1 Å². The first-order valence-corrected chi connectivity index (χ1v) is 9.89. The molecular formula is C20H28ClN3O2. The number of rotatable bonds is 5. The van der Waals surface area contributed by atoms with Crippen LogP contribution in [0.4, 0.5) is 5.69 Å². The van der Waals surface area contributed by atoms with Crippen LogP contribution in [0.5, 0.6) is 0 Å². The topological polar surface area (TPSA) is 52.7 Å². The van der Waals surface area contributed by atoms with E-state index in [0.717, 1.165) is 24.7 Å². The average Bonchev–Trinajstić information content (AvgIpc) is 3.01.